The number of nitrogens with one attached hydrogen (secondary N) is 1. The lowest BCUT2D eigenvalue weighted by atomic mass is 10.2. The first kappa shape index (κ1) is 12.0. The molecule has 0 aliphatic heterocycles. The minimum Gasteiger partial charge on any atom is -0.389 e. The van der Waals surface area contributed by atoms with Crippen LogP contribution in [0.5, 0.6) is 0 Å². The molecule has 0 aliphatic rings. The number of nitrogens with two attached hydrogens (primary N) is 1. The standard InChI is InChI=1S/C12H13N3S2/c13-12(16)10-1-2-11(15-7-10)14-5-3-9-4-6-17-8-9/h1-2,4,6-8H,3,5H2,(H2,13,16)(H,14,15). The average Bonchev–Trinajstić information content (AvgIpc) is 2.83. The van der Waals surface area contributed by atoms with Crippen LogP contribution < -0.4 is 11.1 Å². The highest BCUT2D eigenvalue weighted by molar-refractivity contribution is 7.80. The minimum atomic E-state index is 0.377. The molecule has 3 N–H and O–H groups in total. The van der Waals surface area contributed by atoms with Crippen molar-refractivity contribution in [1.29, 1.82) is 0 Å². The van der Waals surface area contributed by atoms with E-state index in [-0.39, 0.29) is 0 Å². The van der Waals surface area contributed by atoms with Crippen molar-refractivity contribution in [2.75, 3.05) is 11.9 Å². The molecule has 0 bridgehead atoms. The van der Waals surface area contributed by atoms with E-state index in [1.807, 2.05) is 12.1 Å². The molecule has 0 aromatic carbocycles. The Kier molecular flexibility index (Phi) is 4.06. The van der Waals surface area contributed by atoms with Gasteiger partial charge >= 0.3 is 0 Å². The van der Waals surface area contributed by atoms with Crippen molar-refractivity contribution in [3.63, 3.8) is 0 Å². The van der Waals surface area contributed by atoms with Crippen LogP contribution in [0.2, 0.25) is 0 Å². The molecule has 2 heterocycles. The van der Waals surface area contributed by atoms with E-state index in [0.717, 1.165) is 24.3 Å². The molecule has 2 rings (SSSR count). The highest BCUT2D eigenvalue weighted by atomic mass is 32.1. The van der Waals surface area contributed by atoms with Crippen molar-refractivity contribution in [3.8, 4) is 0 Å². The summed E-state index contributed by atoms with van der Waals surface area (Å²) < 4.78 is 0. The van der Waals surface area contributed by atoms with Crippen molar-refractivity contribution >= 4 is 34.4 Å². The first-order valence-electron chi connectivity index (χ1n) is 5.26. The van der Waals surface area contributed by atoms with Crippen LogP contribution in [0, 0.1) is 0 Å². The fourth-order valence-electron chi connectivity index (χ4n) is 1.41. The Morgan fingerprint density at radius 3 is 2.88 bits per heavy atom. The van der Waals surface area contributed by atoms with Gasteiger partial charge in [0.1, 0.15) is 10.8 Å². The zero-order valence-corrected chi connectivity index (χ0v) is 10.9. The van der Waals surface area contributed by atoms with Gasteiger partial charge in [0.05, 0.1) is 0 Å². The van der Waals surface area contributed by atoms with Gasteiger partial charge < -0.3 is 11.1 Å². The summed E-state index contributed by atoms with van der Waals surface area (Å²) in [6, 6.07) is 5.90. The predicted octanol–water partition coefficient (Wildman–Crippen LogP) is 2.43. The lowest BCUT2D eigenvalue weighted by Gasteiger charge is -2.05. The molecule has 0 saturated carbocycles. The summed E-state index contributed by atoms with van der Waals surface area (Å²) in [6.45, 7) is 0.871. The zero-order chi connectivity index (χ0) is 12.1. The molecular formula is C12H13N3S2. The Morgan fingerprint density at radius 1 is 1.41 bits per heavy atom. The molecule has 0 saturated heterocycles. The van der Waals surface area contributed by atoms with E-state index < -0.39 is 0 Å². The Labute approximate surface area is 110 Å². The Balaban J connectivity index is 1.85. The van der Waals surface area contributed by atoms with Crippen molar-refractivity contribution < 1.29 is 0 Å². The fraction of sp³-hybridized carbons (Fsp3) is 0.167. The molecule has 0 radical (unpaired) electrons. The molecule has 0 aliphatic carbocycles. The third-order valence-electron chi connectivity index (χ3n) is 2.35. The number of anilines is 1. The van der Waals surface area contributed by atoms with E-state index in [4.69, 9.17) is 18.0 Å². The van der Waals surface area contributed by atoms with Gasteiger partial charge in [-0.15, -0.1) is 0 Å². The van der Waals surface area contributed by atoms with Crippen LogP contribution in [-0.4, -0.2) is 16.5 Å². The third-order valence-corrected chi connectivity index (χ3v) is 3.32. The van der Waals surface area contributed by atoms with Gasteiger partial charge in [-0.1, -0.05) is 12.2 Å². The van der Waals surface area contributed by atoms with Crippen LogP contribution in [0.1, 0.15) is 11.1 Å². The van der Waals surface area contributed by atoms with Crippen LogP contribution in [0.4, 0.5) is 5.82 Å². The van der Waals surface area contributed by atoms with Crippen molar-refractivity contribution in [2.24, 2.45) is 5.73 Å². The molecule has 0 atom stereocenters. The molecule has 2 aromatic heterocycles. The van der Waals surface area contributed by atoms with Crippen molar-refractivity contribution in [1.82, 2.24) is 4.98 Å². The summed E-state index contributed by atoms with van der Waals surface area (Å²) >= 11 is 6.58. The van der Waals surface area contributed by atoms with Gasteiger partial charge in [-0.05, 0) is 40.9 Å². The van der Waals surface area contributed by atoms with E-state index >= 15 is 0 Å². The van der Waals surface area contributed by atoms with Crippen molar-refractivity contribution in [3.05, 3.63) is 46.3 Å². The topological polar surface area (TPSA) is 50.9 Å². The molecule has 17 heavy (non-hydrogen) atoms. The molecule has 0 unspecified atom stereocenters. The SMILES string of the molecule is NC(=S)c1ccc(NCCc2ccsc2)nc1. The summed E-state index contributed by atoms with van der Waals surface area (Å²) in [4.78, 5) is 4.62. The van der Waals surface area contributed by atoms with Gasteiger partial charge in [0, 0.05) is 18.3 Å². The maximum atomic E-state index is 5.50. The van der Waals surface area contributed by atoms with Gasteiger partial charge in [-0.3, -0.25) is 0 Å². The number of hydrogen-bond donors (Lipinski definition) is 2. The maximum Gasteiger partial charge on any atom is 0.125 e. The zero-order valence-electron chi connectivity index (χ0n) is 9.22. The molecular weight excluding hydrogens is 250 g/mol. The summed E-state index contributed by atoms with van der Waals surface area (Å²) in [5, 5.41) is 7.50. The maximum absolute atomic E-state index is 5.50. The van der Waals surface area contributed by atoms with Crippen molar-refractivity contribution in [2.45, 2.75) is 6.42 Å². The third kappa shape index (κ3) is 3.51. The van der Waals surface area contributed by atoms with E-state index in [9.17, 15) is 0 Å². The van der Waals surface area contributed by atoms with E-state index in [0.29, 0.717) is 4.99 Å². The lowest BCUT2D eigenvalue weighted by Crippen LogP contribution is -2.11. The highest BCUT2D eigenvalue weighted by Gasteiger charge is 1.98. The first-order valence-corrected chi connectivity index (χ1v) is 6.61. The molecule has 88 valence electrons. The fourth-order valence-corrected chi connectivity index (χ4v) is 2.24. The number of nitrogens with zero attached hydrogens (tertiary/aromatic N) is 1. The van der Waals surface area contributed by atoms with E-state index in [1.165, 1.54) is 5.56 Å². The van der Waals surface area contributed by atoms with Gasteiger partial charge in [-0.2, -0.15) is 11.3 Å². The summed E-state index contributed by atoms with van der Waals surface area (Å²) in [5.41, 5.74) is 7.64. The minimum absolute atomic E-state index is 0.377. The average molecular weight is 263 g/mol. The van der Waals surface area contributed by atoms with Gasteiger partial charge in [0.15, 0.2) is 0 Å². The second-order valence-electron chi connectivity index (χ2n) is 3.60. The van der Waals surface area contributed by atoms with Crippen LogP contribution in [-0.2, 0) is 6.42 Å². The van der Waals surface area contributed by atoms with Gasteiger partial charge in [0.25, 0.3) is 0 Å². The number of rotatable bonds is 5. The molecule has 3 nitrogen and oxygen atoms in total. The Bertz CT molecular complexity index is 477. The highest BCUT2D eigenvalue weighted by Crippen LogP contribution is 2.08. The normalized spacial score (nSPS) is 10.1. The first-order chi connectivity index (χ1) is 8.25. The van der Waals surface area contributed by atoms with Crippen LogP contribution in [0.3, 0.4) is 0 Å². The summed E-state index contributed by atoms with van der Waals surface area (Å²) in [6.07, 6.45) is 2.69. The summed E-state index contributed by atoms with van der Waals surface area (Å²) in [7, 11) is 0. The summed E-state index contributed by atoms with van der Waals surface area (Å²) in [5.74, 6) is 0.847. The molecule has 0 spiro atoms. The van der Waals surface area contributed by atoms with Gasteiger partial charge in [-0.25, -0.2) is 4.98 Å². The van der Waals surface area contributed by atoms with E-state index in [2.05, 4.69) is 27.1 Å². The lowest BCUT2D eigenvalue weighted by molar-refractivity contribution is 1.01. The number of hydrogen-bond acceptors (Lipinski definition) is 4. The van der Waals surface area contributed by atoms with Gasteiger partial charge in [0.2, 0.25) is 0 Å². The van der Waals surface area contributed by atoms with Crippen LogP contribution in [0.15, 0.2) is 35.2 Å². The number of thiocarbonyl (C=S) groups is 1. The number of thiophene rings is 1. The molecule has 0 fully saturated rings. The smallest absolute Gasteiger partial charge is 0.125 e. The Hall–Kier alpha value is -1.46. The second-order valence-corrected chi connectivity index (χ2v) is 4.82. The molecule has 0 amide bonds. The van der Waals surface area contributed by atoms with Crippen LogP contribution >= 0.6 is 23.6 Å². The Morgan fingerprint density at radius 2 is 2.29 bits per heavy atom. The number of aromatic nitrogens is 1. The quantitative estimate of drug-likeness (QED) is 0.814. The molecule has 5 heteroatoms. The largest absolute Gasteiger partial charge is 0.389 e. The monoisotopic (exact) mass is 263 g/mol. The molecule has 2 aromatic rings. The number of pyridine rings is 1. The second kappa shape index (κ2) is 5.75. The van der Waals surface area contributed by atoms with Crippen LogP contribution in [0.25, 0.3) is 0 Å². The predicted molar refractivity (Wildman–Crippen MR) is 76.6 cm³/mol. The van der Waals surface area contributed by atoms with E-state index in [1.54, 1.807) is 17.5 Å².